The van der Waals surface area contributed by atoms with E-state index in [9.17, 15) is 19.5 Å². The average Bonchev–Trinajstić information content (AvgIpc) is 2.82. The maximum absolute atomic E-state index is 12.9. The van der Waals surface area contributed by atoms with E-state index in [4.69, 9.17) is 17.3 Å². The van der Waals surface area contributed by atoms with Crippen LogP contribution in [-0.2, 0) is 16.0 Å². The number of nitrogens with two attached hydrogens (primary N) is 1. The Kier molecular flexibility index (Phi) is 8.18. The first kappa shape index (κ1) is 24.0. The molecule has 0 radical (unpaired) electrons. The van der Waals surface area contributed by atoms with E-state index in [0.29, 0.717) is 21.7 Å². The highest BCUT2D eigenvalue weighted by molar-refractivity contribution is 6.30. The Hall–Kier alpha value is -3.68. The highest BCUT2D eigenvalue weighted by atomic mass is 35.5. The molecule has 0 saturated carbocycles. The number of aliphatic hydroxyl groups excluding tert-OH is 1. The Morgan fingerprint density at radius 2 is 1.52 bits per heavy atom. The Balaban J connectivity index is 1.79. The van der Waals surface area contributed by atoms with Crippen LogP contribution in [-0.4, -0.2) is 35.0 Å². The molecule has 3 rings (SSSR count). The van der Waals surface area contributed by atoms with Gasteiger partial charge in [0.05, 0.1) is 6.04 Å². The predicted octanol–water partition coefficient (Wildman–Crippen LogP) is 2.38. The summed E-state index contributed by atoms with van der Waals surface area (Å²) < 4.78 is 0. The lowest BCUT2D eigenvalue weighted by molar-refractivity contribution is -0.134. The van der Waals surface area contributed by atoms with Crippen LogP contribution in [0.4, 0.5) is 0 Å². The van der Waals surface area contributed by atoms with Gasteiger partial charge in [-0.15, -0.1) is 0 Å². The molecule has 0 spiro atoms. The zero-order valence-electron chi connectivity index (χ0n) is 17.6. The van der Waals surface area contributed by atoms with E-state index < -0.39 is 35.9 Å². The van der Waals surface area contributed by atoms with E-state index in [1.54, 1.807) is 84.9 Å². The number of aliphatic hydroxyl groups is 1. The molecule has 33 heavy (non-hydrogen) atoms. The van der Waals surface area contributed by atoms with Gasteiger partial charge in [-0.05, 0) is 35.4 Å². The van der Waals surface area contributed by atoms with Gasteiger partial charge in [0.2, 0.25) is 5.91 Å². The van der Waals surface area contributed by atoms with Crippen molar-refractivity contribution >= 4 is 29.3 Å². The summed E-state index contributed by atoms with van der Waals surface area (Å²) in [7, 11) is 0. The summed E-state index contributed by atoms with van der Waals surface area (Å²) in [6, 6.07) is 21.7. The van der Waals surface area contributed by atoms with E-state index in [0.717, 1.165) is 0 Å². The SMILES string of the molecule is NC(=O)[C@H](Cc1cccc(Cl)c1)NC(=O)[C@H](O)[C@@H](NC(=O)c1ccccc1)c1ccccc1. The summed E-state index contributed by atoms with van der Waals surface area (Å²) in [5, 5.41) is 16.5. The first-order valence-corrected chi connectivity index (χ1v) is 10.7. The van der Waals surface area contributed by atoms with Crippen molar-refractivity contribution in [3.05, 3.63) is 107 Å². The summed E-state index contributed by atoms with van der Waals surface area (Å²) in [6.07, 6.45) is -1.58. The Labute approximate surface area is 196 Å². The molecule has 0 aliphatic heterocycles. The van der Waals surface area contributed by atoms with Gasteiger partial charge in [-0.3, -0.25) is 14.4 Å². The van der Waals surface area contributed by atoms with E-state index in [1.807, 2.05) is 0 Å². The topological polar surface area (TPSA) is 122 Å². The van der Waals surface area contributed by atoms with Crippen LogP contribution in [0.1, 0.15) is 27.5 Å². The van der Waals surface area contributed by atoms with Gasteiger partial charge in [0.1, 0.15) is 6.04 Å². The normalized spacial score (nSPS) is 13.4. The van der Waals surface area contributed by atoms with Crippen molar-refractivity contribution in [2.24, 2.45) is 5.73 Å². The Morgan fingerprint density at radius 1 is 0.879 bits per heavy atom. The molecule has 0 saturated heterocycles. The minimum Gasteiger partial charge on any atom is -0.381 e. The Bertz CT molecular complexity index is 1110. The maximum Gasteiger partial charge on any atom is 0.252 e. The van der Waals surface area contributed by atoms with Crippen molar-refractivity contribution in [3.8, 4) is 0 Å². The van der Waals surface area contributed by atoms with E-state index in [2.05, 4.69) is 10.6 Å². The lowest BCUT2D eigenvalue weighted by Gasteiger charge is -2.26. The summed E-state index contributed by atoms with van der Waals surface area (Å²) in [5.74, 6) is -2.06. The molecular weight excluding hydrogens is 442 g/mol. The summed E-state index contributed by atoms with van der Waals surface area (Å²) >= 11 is 5.99. The van der Waals surface area contributed by atoms with Crippen molar-refractivity contribution < 1.29 is 19.5 Å². The molecule has 3 atom stereocenters. The minimum atomic E-state index is -1.68. The number of carbonyl (C=O) groups is 3. The molecule has 0 aliphatic rings. The predicted molar refractivity (Wildman–Crippen MR) is 125 cm³/mol. The molecule has 0 bridgehead atoms. The standard InChI is InChI=1S/C25H24ClN3O4/c26-19-13-7-8-16(14-19)15-20(23(27)31)28-25(33)22(30)21(17-9-3-1-4-10-17)29-24(32)18-11-5-2-6-12-18/h1-14,20-22,30H,15H2,(H2,27,31)(H,28,33)(H,29,32)/t20-,21-,22+/m0/s1. The van der Waals surface area contributed by atoms with Crippen LogP contribution in [0.5, 0.6) is 0 Å². The minimum absolute atomic E-state index is 0.0979. The fraction of sp³-hybridized carbons (Fsp3) is 0.160. The second kappa shape index (κ2) is 11.3. The van der Waals surface area contributed by atoms with Crippen LogP contribution in [0.15, 0.2) is 84.9 Å². The highest BCUT2D eigenvalue weighted by Crippen LogP contribution is 2.19. The summed E-state index contributed by atoms with van der Waals surface area (Å²) in [6.45, 7) is 0. The molecule has 0 fully saturated rings. The average molecular weight is 466 g/mol. The number of nitrogens with one attached hydrogen (secondary N) is 2. The van der Waals surface area contributed by atoms with Crippen LogP contribution >= 0.6 is 11.6 Å². The van der Waals surface area contributed by atoms with Gasteiger partial charge in [0.25, 0.3) is 11.8 Å². The molecule has 7 nitrogen and oxygen atoms in total. The monoisotopic (exact) mass is 465 g/mol. The highest BCUT2D eigenvalue weighted by Gasteiger charge is 2.31. The third kappa shape index (κ3) is 6.65. The molecule has 0 aromatic heterocycles. The third-order valence-corrected chi connectivity index (χ3v) is 5.29. The van der Waals surface area contributed by atoms with Crippen LogP contribution < -0.4 is 16.4 Å². The molecule has 8 heteroatoms. The van der Waals surface area contributed by atoms with Crippen molar-refractivity contribution in [3.63, 3.8) is 0 Å². The fourth-order valence-electron chi connectivity index (χ4n) is 3.35. The van der Waals surface area contributed by atoms with Crippen LogP contribution in [0.3, 0.4) is 0 Å². The number of carbonyl (C=O) groups excluding carboxylic acids is 3. The zero-order chi connectivity index (χ0) is 23.8. The number of hydrogen-bond acceptors (Lipinski definition) is 4. The van der Waals surface area contributed by atoms with Gasteiger partial charge in [-0.2, -0.15) is 0 Å². The number of hydrogen-bond donors (Lipinski definition) is 4. The fourth-order valence-corrected chi connectivity index (χ4v) is 3.56. The Morgan fingerprint density at radius 3 is 2.12 bits per heavy atom. The number of primary amides is 1. The smallest absolute Gasteiger partial charge is 0.252 e. The molecule has 3 amide bonds. The van der Waals surface area contributed by atoms with Crippen molar-refractivity contribution in [2.75, 3.05) is 0 Å². The maximum atomic E-state index is 12.9. The second-order valence-corrected chi connectivity index (χ2v) is 7.91. The second-order valence-electron chi connectivity index (χ2n) is 7.47. The van der Waals surface area contributed by atoms with Crippen LogP contribution in [0, 0.1) is 0 Å². The first-order valence-electron chi connectivity index (χ1n) is 10.3. The van der Waals surface area contributed by atoms with E-state index in [1.165, 1.54) is 0 Å². The number of halogens is 1. The molecule has 0 aliphatic carbocycles. The summed E-state index contributed by atoms with van der Waals surface area (Å²) in [4.78, 5) is 37.6. The lowest BCUT2D eigenvalue weighted by Crippen LogP contribution is -2.52. The first-order chi connectivity index (χ1) is 15.8. The number of rotatable bonds is 9. The van der Waals surface area contributed by atoms with Crippen molar-refractivity contribution in [1.82, 2.24) is 10.6 Å². The van der Waals surface area contributed by atoms with Crippen molar-refractivity contribution in [1.29, 1.82) is 0 Å². The van der Waals surface area contributed by atoms with Gasteiger partial charge in [-0.25, -0.2) is 0 Å². The summed E-state index contributed by atoms with van der Waals surface area (Å²) in [5.41, 5.74) is 7.07. The van der Waals surface area contributed by atoms with Gasteiger partial charge < -0.3 is 21.5 Å². The largest absolute Gasteiger partial charge is 0.381 e. The molecule has 0 unspecified atom stereocenters. The quantitative estimate of drug-likeness (QED) is 0.387. The van der Waals surface area contributed by atoms with Gasteiger partial charge in [0, 0.05) is 17.0 Å². The van der Waals surface area contributed by atoms with Gasteiger partial charge >= 0.3 is 0 Å². The van der Waals surface area contributed by atoms with Crippen LogP contribution in [0.2, 0.25) is 5.02 Å². The molecular formula is C25H24ClN3O4. The van der Waals surface area contributed by atoms with E-state index >= 15 is 0 Å². The molecule has 5 N–H and O–H groups in total. The molecule has 170 valence electrons. The number of benzene rings is 3. The van der Waals surface area contributed by atoms with Crippen LogP contribution in [0.25, 0.3) is 0 Å². The van der Waals surface area contributed by atoms with Crippen molar-refractivity contribution in [2.45, 2.75) is 24.6 Å². The number of amides is 3. The van der Waals surface area contributed by atoms with Gasteiger partial charge in [-0.1, -0.05) is 72.3 Å². The zero-order valence-corrected chi connectivity index (χ0v) is 18.4. The molecule has 3 aromatic rings. The lowest BCUT2D eigenvalue weighted by atomic mass is 9.99. The third-order valence-electron chi connectivity index (χ3n) is 5.05. The molecule has 0 heterocycles. The molecule has 3 aromatic carbocycles. The van der Waals surface area contributed by atoms with E-state index in [-0.39, 0.29) is 6.42 Å². The van der Waals surface area contributed by atoms with Gasteiger partial charge in [0.15, 0.2) is 6.10 Å².